The average Bonchev–Trinajstić information content (AvgIpc) is 2.35. The smallest absolute Gasteiger partial charge is 0.257 e. The van der Waals surface area contributed by atoms with Crippen LogP contribution in [0.15, 0.2) is 42.5 Å². The van der Waals surface area contributed by atoms with E-state index in [9.17, 15) is 9.18 Å². The lowest BCUT2D eigenvalue weighted by molar-refractivity contribution is 0.102. The Kier molecular flexibility index (Phi) is 3.48. The van der Waals surface area contributed by atoms with Crippen LogP contribution in [0.3, 0.4) is 0 Å². The van der Waals surface area contributed by atoms with Crippen LogP contribution in [0.1, 0.15) is 10.4 Å². The van der Waals surface area contributed by atoms with Gasteiger partial charge in [-0.3, -0.25) is 4.79 Å². The summed E-state index contributed by atoms with van der Waals surface area (Å²) in [4.78, 5) is 11.9. The van der Waals surface area contributed by atoms with Crippen LogP contribution in [0.4, 0.5) is 15.8 Å². The number of amides is 1. The number of benzene rings is 2. The Balaban J connectivity index is 2.22. The summed E-state index contributed by atoms with van der Waals surface area (Å²) in [5.41, 5.74) is 6.71. The maximum atomic E-state index is 12.7. The van der Waals surface area contributed by atoms with E-state index in [-0.39, 0.29) is 22.3 Å². The summed E-state index contributed by atoms with van der Waals surface area (Å²) >= 11 is 5.93. The zero-order valence-electron chi connectivity index (χ0n) is 9.28. The summed E-state index contributed by atoms with van der Waals surface area (Å²) in [5.74, 6) is -0.756. The predicted molar refractivity (Wildman–Crippen MR) is 70.2 cm³/mol. The summed E-state index contributed by atoms with van der Waals surface area (Å²) in [6, 6.07) is 10.3. The van der Waals surface area contributed by atoms with Gasteiger partial charge < -0.3 is 11.1 Å². The van der Waals surface area contributed by atoms with Crippen molar-refractivity contribution in [1.82, 2.24) is 0 Å². The van der Waals surface area contributed by atoms with Gasteiger partial charge in [-0.05, 0) is 36.4 Å². The van der Waals surface area contributed by atoms with Gasteiger partial charge >= 0.3 is 0 Å². The van der Waals surface area contributed by atoms with Crippen molar-refractivity contribution in [2.75, 3.05) is 11.1 Å². The first-order chi connectivity index (χ1) is 8.58. The van der Waals surface area contributed by atoms with Gasteiger partial charge in [0.05, 0.1) is 16.3 Å². The minimum atomic E-state index is -0.390. The molecule has 0 aliphatic rings. The summed E-state index contributed by atoms with van der Waals surface area (Å²) in [6.07, 6.45) is 0. The fraction of sp³-hybridized carbons (Fsp3) is 0. The lowest BCUT2D eigenvalue weighted by Crippen LogP contribution is -2.13. The standard InChI is InChI=1S/C13H10ClFN2O/c14-12-10(2-1-3-11(12)16)13(18)17-9-6-4-8(15)5-7-9/h1-7H,16H2,(H,17,18). The fourth-order valence-electron chi connectivity index (χ4n) is 1.46. The van der Waals surface area contributed by atoms with Crippen LogP contribution in [0.2, 0.25) is 5.02 Å². The lowest BCUT2D eigenvalue weighted by Gasteiger charge is -2.08. The molecule has 5 heteroatoms. The van der Waals surface area contributed by atoms with Gasteiger partial charge in [0.15, 0.2) is 0 Å². The molecule has 92 valence electrons. The van der Waals surface area contributed by atoms with Crippen LogP contribution in [0.25, 0.3) is 0 Å². The first-order valence-corrected chi connectivity index (χ1v) is 5.56. The van der Waals surface area contributed by atoms with Crippen LogP contribution in [-0.2, 0) is 0 Å². The molecule has 2 rings (SSSR count). The molecule has 0 fully saturated rings. The highest BCUT2D eigenvalue weighted by atomic mass is 35.5. The Morgan fingerprint density at radius 2 is 1.83 bits per heavy atom. The largest absolute Gasteiger partial charge is 0.398 e. The van der Waals surface area contributed by atoms with Gasteiger partial charge in [0, 0.05) is 5.69 Å². The maximum Gasteiger partial charge on any atom is 0.257 e. The Morgan fingerprint density at radius 3 is 2.50 bits per heavy atom. The second kappa shape index (κ2) is 5.06. The zero-order valence-corrected chi connectivity index (χ0v) is 10.0. The van der Waals surface area contributed by atoms with Crippen LogP contribution >= 0.6 is 11.6 Å². The molecule has 0 saturated heterocycles. The van der Waals surface area contributed by atoms with E-state index in [2.05, 4.69) is 5.32 Å². The van der Waals surface area contributed by atoms with Gasteiger partial charge in [0.1, 0.15) is 5.82 Å². The van der Waals surface area contributed by atoms with Gasteiger partial charge in [-0.15, -0.1) is 0 Å². The van der Waals surface area contributed by atoms with E-state index in [1.54, 1.807) is 18.2 Å². The monoisotopic (exact) mass is 264 g/mol. The molecule has 0 spiro atoms. The Bertz CT molecular complexity index is 584. The molecule has 0 aromatic heterocycles. The number of nitrogens with one attached hydrogen (secondary N) is 1. The minimum Gasteiger partial charge on any atom is -0.398 e. The molecule has 0 atom stereocenters. The molecule has 2 aromatic carbocycles. The molecule has 0 aliphatic carbocycles. The van der Waals surface area contributed by atoms with Gasteiger partial charge in [0.2, 0.25) is 0 Å². The minimum absolute atomic E-state index is 0.206. The van der Waals surface area contributed by atoms with Crippen LogP contribution < -0.4 is 11.1 Å². The third-order valence-electron chi connectivity index (χ3n) is 2.38. The Morgan fingerprint density at radius 1 is 1.17 bits per heavy atom. The Hall–Kier alpha value is -2.07. The third-order valence-corrected chi connectivity index (χ3v) is 2.80. The second-order valence-electron chi connectivity index (χ2n) is 3.67. The molecule has 0 unspecified atom stereocenters. The van der Waals surface area contributed by atoms with Crippen LogP contribution in [0.5, 0.6) is 0 Å². The van der Waals surface area contributed by atoms with E-state index in [1.165, 1.54) is 24.3 Å². The number of carbonyl (C=O) groups excluding carboxylic acids is 1. The zero-order chi connectivity index (χ0) is 13.1. The molecule has 18 heavy (non-hydrogen) atoms. The summed E-state index contributed by atoms with van der Waals surface area (Å²) in [5, 5.41) is 2.81. The van der Waals surface area contributed by atoms with Crippen LogP contribution in [0, 0.1) is 5.82 Å². The van der Waals surface area contributed by atoms with Crippen molar-refractivity contribution < 1.29 is 9.18 Å². The summed E-state index contributed by atoms with van der Waals surface area (Å²) in [6.45, 7) is 0. The number of nitrogens with two attached hydrogens (primary N) is 1. The van der Waals surface area contributed by atoms with Gasteiger partial charge in [0.25, 0.3) is 5.91 Å². The van der Waals surface area contributed by atoms with Crippen molar-refractivity contribution in [3.8, 4) is 0 Å². The highest BCUT2D eigenvalue weighted by Gasteiger charge is 2.12. The molecular weight excluding hydrogens is 255 g/mol. The van der Waals surface area contributed by atoms with Crippen molar-refractivity contribution in [3.63, 3.8) is 0 Å². The molecule has 2 aromatic rings. The van der Waals surface area contributed by atoms with Crippen LogP contribution in [-0.4, -0.2) is 5.91 Å². The van der Waals surface area contributed by atoms with Gasteiger partial charge in [-0.2, -0.15) is 0 Å². The number of anilines is 2. The SMILES string of the molecule is Nc1cccc(C(=O)Nc2ccc(F)cc2)c1Cl. The van der Waals surface area contributed by atoms with E-state index in [1.807, 2.05) is 0 Å². The number of carbonyl (C=O) groups is 1. The molecule has 1 amide bonds. The normalized spacial score (nSPS) is 10.1. The van der Waals surface area contributed by atoms with E-state index in [0.717, 1.165) is 0 Å². The van der Waals surface area contributed by atoms with E-state index in [4.69, 9.17) is 17.3 Å². The lowest BCUT2D eigenvalue weighted by atomic mass is 10.2. The predicted octanol–water partition coefficient (Wildman–Crippen LogP) is 3.31. The third kappa shape index (κ3) is 2.60. The van der Waals surface area contributed by atoms with Gasteiger partial charge in [-0.1, -0.05) is 17.7 Å². The first kappa shape index (κ1) is 12.4. The molecule has 0 heterocycles. The van der Waals surface area contributed by atoms with Crippen molar-refractivity contribution in [1.29, 1.82) is 0 Å². The quantitative estimate of drug-likeness (QED) is 0.818. The number of hydrogen-bond acceptors (Lipinski definition) is 2. The summed E-state index contributed by atoms with van der Waals surface area (Å²) < 4.78 is 12.7. The number of rotatable bonds is 2. The molecule has 0 saturated carbocycles. The van der Waals surface area contributed by atoms with Crippen molar-refractivity contribution >= 4 is 28.9 Å². The van der Waals surface area contributed by atoms with Crippen molar-refractivity contribution in [2.45, 2.75) is 0 Å². The molecule has 0 radical (unpaired) electrons. The molecule has 0 bridgehead atoms. The fourth-order valence-corrected chi connectivity index (χ4v) is 1.67. The topological polar surface area (TPSA) is 55.1 Å². The van der Waals surface area contributed by atoms with Crippen molar-refractivity contribution in [3.05, 3.63) is 58.9 Å². The Labute approximate surface area is 108 Å². The molecular formula is C13H10ClFN2O. The van der Waals surface area contributed by atoms with E-state index < -0.39 is 0 Å². The van der Waals surface area contributed by atoms with Crippen molar-refractivity contribution in [2.24, 2.45) is 0 Å². The number of hydrogen-bond donors (Lipinski definition) is 2. The maximum absolute atomic E-state index is 12.7. The molecule has 3 nitrogen and oxygen atoms in total. The molecule has 0 aliphatic heterocycles. The first-order valence-electron chi connectivity index (χ1n) is 5.19. The molecule has 3 N–H and O–H groups in total. The second-order valence-corrected chi connectivity index (χ2v) is 4.05. The van der Waals surface area contributed by atoms with E-state index >= 15 is 0 Å². The highest BCUT2D eigenvalue weighted by Crippen LogP contribution is 2.23. The number of halogens is 2. The van der Waals surface area contributed by atoms with E-state index in [0.29, 0.717) is 11.4 Å². The van der Waals surface area contributed by atoms with Gasteiger partial charge in [-0.25, -0.2) is 4.39 Å². The highest BCUT2D eigenvalue weighted by molar-refractivity contribution is 6.36. The number of nitrogen functional groups attached to an aromatic ring is 1. The summed E-state index contributed by atoms with van der Waals surface area (Å²) in [7, 11) is 0. The average molecular weight is 265 g/mol.